The van der Waals surface area contributed by atoms with Crippen LogP contribution in [0.3, 0.4) is 0 Å². The third-order valence-corrected chi connectivity index (χ3v) is 3.83. The highest BCUT2D eigenvalue weighted by molar-refractivity contribution is 5.23. The Morgan fingerprint density at radius 1 is 1.00 bits per heavy atom. The Kier molecular flexibility index (Phi) is 0.988. The van der Waals surface area contributed by atoms with Crippen LogP contribution >= 0.6 is 0 Å². The van der Waals surface area contributed by atoms with E-state index in [4.69, 9.17) is 0 Å². The second-order valence-electron chi connectivity index (χ2n) is 4.35. The fourth-order valence-corrected chi connectivity index (χ4v) is 3.34. The van der Waals surface area contributed by atoms with Gasteiger partial charge in [0.2, 0.25) is 0 Å². The molecule has 5 atom stereocenters. The molecule has 0 aromatic heterocycles. The van der Waals surface area contributed by atoms with Gasteiger partial charge in [0.15, 0.2) is 0 Å². The molecule has 58 valence electrons. The van der Waals surface area contributed by atoms with Crippen molar-refractivity contribution in [1.29, 1.82) is 0 Å². The molecule has 0 N–H and O–H groups in total. The zero-order valence-electron chi connectivity index (χ0n) is 6.90. The van der Waals surface area contributed by atoms with Gasteiger partial charge in [-0.1, -0.05) is 31.2 Å². The van der Waals surface area contributed by atoms with Crippen molar-refractivity contribution in [3.05, 3.63) is 24.3 Å². The summed E-state index contributed by atoms with van der Waals surface area (Å²) in [6, 6.07) is 0. The van der Waals surface area contributed by atoms with Crippen molar-refractivity contribution < 1.29 is 0 Å². The molecule has 0 heterocycles. The first kappa shape index (κ1) is 6.05. The normalized spacial score (nSPS) is 57.4. The lowest BCUT2D eigenvalue weighted by Gasteiger charge is -2.23. The number of hydrogen-bond acceptors (Lipinski definition) is 0. The average Bonchev–Trinajstić information content (AvgIpc) is 2.60. The lowest BCUT2D eigenvalue weighted by molar-refractivity contribution is 0.326. The van der Waals surface area contributed by atoms with Crippen molar-refractivity contribution in [2.24, 2.45) is 29.6 Å². The van der Waals surface area contributed by atoms with Gasteiger partial charge in [-0.2, -0.15) is 0 Å². The second-order valence-corrected chi connectivity index (χ2v) is 4.35. The largest absolute Gasteiger partial charge is 0.0851 e. The number of hydrogen-bond donors (Lipinski definition) is 0. The van der Waals surface area contributed by atoms with Gasteiger partial charge in [0, 0.05) is 0 Å². The van der Waals surface area contributed by atoms with Crippen LogP contribution in [0.2, 0.25) is 0 Å². The van der Waals surface area contributed by atoms with Gasteiger partial charge in [0.25, 0.3) is 0 Å². The van der Waals surface area contributed by atoms with Crippen molar-refractivity contribution in [2.75, 3.05) is 0 Å². The van der Waals surface area contributed by atoms with Crippen molar-refractivity contribution in [3.8, 4) is 0 Å². The van der Waals surface area contributed by atoms with E-state index in [1.54, 1.807) is 0 Å². The molecule has 11 heavy (non-hydrogen) atoms. The van der Waals surface area contributed by atoms with Crippen LogP contribution in [0, 0.1) is 29.6 Å². The topological polar surface area (TPSA) is 0 Å². The monoisotopic (exact) mass is 146 g/mol. The van der Waals surface area contributed by atoms with Crippen LogP contribution in [0.5, 0.6) is 0 Å². The van der Waals surface area contributed by atoms with E-state index >= 15 is 0 Å². The molecule has 3 aliphatic rings. The van der Waals surface area contributed by atoms with E-state index in [0.29, 0.717) is 0 Å². The SMILES string of the molecule is C[C@@H]1C=C[C@@H]2[C@H]1[C@@H]1C=C[C@H]2C1. The number of allylic oxidation sites excluding steroid dienone is 4. The van der Waals surface area contributed by atoms with Crippen LogP contribution in [0.1, 0.15) is 13.3 Å². The minimum Gasteiger partial charge on any atom is -0.0851 e. The van der Waals surface area contributed by atoms with Crippen LogP contribution in [-0.4, -0.2) is 0 Å². The molecular weight excluding hydrogens is 132 g/mol. The van der Waals surface area contributed by atoms with Crippen molar-refractivity contribution in [1.82, 2.24) is 0 Å². The number of fused-ring (bicyclic) bond motifs is 5. The molecule has 0 heteroatoms. The predicted octanol–water partition coefficient (Wildman–Crippen LogP) is 2.63. The molecular formula is C11H14. The summed E-state index contributed by atoms with van der Waals surface area (Å²) in [7, 11) is 0. The van der Waals surface area contributed by atoms with Crippen molar-refractivity contribution in [2.45, 2.75) is 13.3 Å². The highest BCUT2D eigenvalue weighted by Gasteiger charge is 2.47. The molecule has 2 bridgehead atoms. The summed E-state index contributed by atoms with van der Waals surface area (Å²) >= 11 is 0. The molecule has 0 nitrogen and oxygen atoms in total. The van der Waals surface area contributed by atoms with E-state index in [-0.39, 0.29) is 0 Å². The van der Waals surface area contributed by atoms with E-state index in [9.17, 15) is 0 Å². The Balaban J connectivity index is 2.02. The zero-order valence-corrected chi connectivity index (χ0v) is 6.90. The minimum atomic E-state index is 0.847. The fourth-order valence-electron chi connectivity index (χ4n) is 3.34. The van der Waals surface area contributed by atoms with E-state index in [1.807, 2.05) is 0 Å². The Morgan fingerprint density at radius 3 is 2.64 bits per heavy atom. The van der Waals surface area contributed by atoms with Gasteiger partial charge in [0.1, 0.15) is 0 Å². The van der Waals surface area contributed by atoms with Crippen LogP contribution in [0.25, 0.3) is 0 Å². The van der Waals surface area contributed by atoms with Crippen molar-refractivity contribution >= 4 is 0 Å². The molecule has 3 rings (SSSR count). The Bertz CT molecular complexity index is 236. The minimum absolute atomic E-state index is 0.847. The first-order chi connectivity index (χ1) is 5.36. The van der Waals surface area contributed by atoms with Gasteiger partial charge in [-0.3, -0.25) is 0 Å². The molecule has 0 radical (unpaired) electrons. The molecule has 0 aromatic rings. The lowest BCUT2D eigenvalue weighted by atomic mass is 9.81. The fraction of sp³-hybridized carbons (Fsp3) is 0.636. The van der Waals surface area contributed by atoms with Gasteiger partial charge in [-0.25, -0.2) is 0 Å². The molecule has 0 amide bonds. The Hall–Kier alpha value is -0.520. The zero-order chi connectivity index (χ0) is 7.42. The highest BCUT2D eigenvalue weighted by Crippen LogP contribution is 2.54. The van der Waals surface area contributed by atoms with Crippen LogP contribution in [0.15, 0.2) is 24.3 Å². The summed E-state index contributed by atoms with van der Waals surface area (Å²) in [4.78, 5) is 0. The van der Waals surface area contributed by atoms with Gasteiger partial charge in [-0.05, 0) is 36.0 Å². The quantitative estimate of drug-likeness (QED) is 0.461. The van der Waals surface area contributed by atoms with Gasteiger partial charge in [-0.15, -0.1) is 0 Å². The summed E-state index contributed by atoms with van der Waals surface area (Å²) in [5.41, 5.74) is 0. The van der Waals surface area contributed by atoms with Crippen LogP contribution < -0.4 is 0 Å². The van der Waals surface area contributed by atoms with Crippen LogP contribution in [-0.2, 0) is 0 Å². The standard InChI is InChI=1S/C11H14/c1-7-2-5-10-8-3-4-9(6-8)11(7)10/h2-5,7-11H,6H2,1H3/t7-,8+,9-,10+,11-/m1/s1. The summed E-state index contributed by atoms with van der Waals surface area (Å²) in [5.74, 6) is 4.58. The average molecular weight is 146 g/mol. The van der Waals surface area contributed by atoms with Crippen LogP contribution in [0.4, 0.5) is 0 Å². The van der Waals surface area contributed by atoms with E-state index < -0.39 is 0 Å². The summed E-state index contributed by atoms with van der Waals surface area (Å²) in [6.45, 7) is 2.37. The van der Waals surface area contributed by atoms with Gasteiger partial charge >= 0.3 is 0 Å². The Labute approximate surface area is 68.0 Å². The number of rotatable bonds is 0. The maximum Gasteiger partial charge on any atom is -0.0131 e. The van der Waals surface area contributed by atoms with Gasteiger partial charge < -0.3 is 0 Å². The maximum absolute atomic E-state index is 2.46. The first-order valence-corrected chi connectivity index (χ1v) is 4.73. The van der Waals surface area contributed by atoms with Gasteiger partial charge in [0.05, 0.1) is 0 Å². The summed E-state index contributed by atoms with van der Waals surface area (Å²) in [6.07, 6.45) is 11.2. The second kappa shape index (κ2) is 1.80. The molecule has 0 aliphatic heterocycles. The summed E-state index contributed by atoms with van der Waals surface area (Å²) in [5, 5.41) is 0. The van der Waals surface area contributed by atoms with E-state index in [0.717, 1.165) is 29.6 Å². The smallest absolute Gasteiger partial charge is 0.0131 e. The molecule has 3 aliphatic carbocycles. The first-order valence-electron chi connectivity index (χ1n) is 4.73. The molecule has 0 unspecified atom stereocenters. The third kappa shape index (κ3) is 0.610. The van der Waals surface area contributed by atoms with Crippen molar-refractivity contribution in [3.63, 3.8) is 0 Å². The highest BCUT2D eigenvalue weighted by atomic mass is 14.5. The molecule has 0 aromatic carbocycles. The molecule has 0 saturated heterocycles. The van der Waals surface area contributed by atoms with E-state index in [1.165, 1.54) is 6.42 Å². The third-order valence-electron chi connectivity index (χ3n) is 3.83. The molecule has 0 spiro atoms. The predicted molar refractivity (Wildman–Crippen MR) is 46.0 cm³/mol. The Morgan fingerprint density at radius 2 is 1.82 bits per heavy atom. The molecule has 1 saturated carbocycles. The maximum atomic E-state index is 2.46. The lowest BCUT2D eigenvalue weighted by Crippen LogP contribution is -2.18. The van der Waals surface area contributed by atoms with E-state index in [2.05, 4.69) is 31.2 Å². The summed E-state index contributed by atoms with van der Waals surface area (Å²) < 4.78 is 0. The molecule has 1 fully saturated rings.